The van der Waals surface area contributed by atoms with E-state index in [-0.39, 0.29) is 18.3 Å². The van der Waals surface area contributed by atoms with Gasteiger partial charge in [0.1, 0.15) is 11.6 Å². The van der Waals surface area contributed by atoms with E-state index in [9.17, 15) is 9.18 Å². The third kappa shape index (κ3) is 3.70. The van der Waals surface area contributed by atoms with Crippen LogP contribution in [0.4, 0.5) is 4.39 Å². The lowest BCUT2D eigenvalue weighted by Gasteiger charge is -2.25. The van der Waals surface area contributed by atoms with E-state index in [0.717, 1.165) is 0 Å². The maximum Gasteiger partial charge on any atom is 0.237 e. The highest BCUT2D eigenvalue weighted by Crippen LogP contribution is 2.19. The van der Waals surface area contributed by atoms with Crippen LogP contribution in [0.5, 0.6) is 5.75 Å². The molecule has 0 saturated carbocycles. The van der Waals surface area contributed by atoms with E-state index in [1.165, 1.54) is 6.07 Å². The number of halogens is 1. The predicted molar refractivity (Wildman–Crippen MR) is 67.6 cm³/mol. The van der Waals surface area contributed by atoms with Crippen molar-refractivity contribution in [3.63, 3.8) is 0 Å². The molecule has 1 amide bonds. The van der Waals surface area contributed by atoms with Crippen LogP contribution in [0.3, 0.4) is 0 Å². The third-order valence-corrected chi connectivity index (χ3v) is 2.75. The van der Waals surface area contributed by atoms with Crippen LogP contribution in [0.25, 0.3) is 0 Å². The van der Waals surface area contributed by atoms with Crippen LogP contribution in [0.1, 0.15) is 25.8 Å². The SMILES string of the molecule is Cc1ccc(OC(C)CC(C)(N)C(N)=O)cc1F. The summed E-state index contributed by atoms with van der Waals surface area (Å²) in [7, 11) is 0. The lowest BCUT2D eigenvalue weighted by Crippen LogP contribution is -2.51. The summed E-state index contributed by atoms with van der Waals surface area (Å²) in [6.07, 6.45) is -0.0766. The summed E-state index contributed by atoms with van der Waals surface area (Å²) < 4.78 is 18.8. The Morgan fingerprint density at radius 3 is 2.67 bits per heavy atom. The zero-order valence-electron chi connectivity index (χ0n) is 10.9. The van der Waals surface area contributed by atoms with Crippen molar-refractivity contribution in [1.29, 1.82) is 0 Å². The van der Waals surface area contributed by atoms with Gasteiger partial charge in [-0.05, 0) is 32.4 Å². The summed E-state index contributed by atoms with van der Waals surface area (Å²) in [6, 6.07) is 4.62. The fourth-order valence-corrected chi connectivity index (χ4v) is 1.62. The molecule has 0 aliphatic heterocycles. The van der Waals surface area contributed by atoms with Gasteiger partial charge in [-0.3, -0.25) is 4.79 Å². The van der Waals surface area contributed by atoms with Gasteiger partial charge in [0.2, 0.25) is 5.91 Å². The molecule has 4 nitrogen and oxygen atoms in total. The largest absolute Gasteiger partial charge is 0.491 e. The maximum atomic E-state index is 13.3. The predicted octanol–water partition coefficient (Wildman–Crippen LogP) is 1.49. The van der Waals surface area contributed by atoms with Gasteiger partial charge in [0, 0.05) is 12.5 Å². The number of benzene rings is 1. The molecular weight excluding hydrogens is 235 g/mol. The summed E-state index contributed by atoms with van der Waals surface area (Å²) in [5, 5.41) is 0. The van der Waals surface area contributed by atoms with Crippen molar-refractivity contribution in [3.8, 4) is 5.75 Å². The Balaban J connectivity index is 2.67. The van der Waals surface area contributed by atoms with Crippen LogP contribution in [0.15, 0.2) is 18.2 Å². The standard InChI is InChI=1S/C13H19FN2O2/c1-8-4-5-10(6-11(8)14)18-9(2)7-13(3,16)12(15)17/h4-6,9H,7,16H2,1-3H3,(H2,15,17). The number of hydrogen-bond acceptors (Lipinski definition) is 3. The second-order valence-corrected chi connectivity index (χ2v) is 4.83. The van der Waals surface area contributed by atoms with E-state index < -0.39 is 11.4 Å². The van der Waals surface area contributed by atoms with E-state index in [2.05, 4.69) is 0 Å². The van der Waals surface area contributed by atoms with Crippen LogP contribution in [0, 0.1) is 12.7 Å². The fourth-order valence-electron chi connectivity index (χ4n) is 1.62. The number of ether oxygens (including phenoxy) is 1. The van der Waals surface area contributed by atoms with E-state index in [4.69, 9.17) is 16.2 Å². The van der Waals surface area contributed by atoms with Gasteiger partial charge >= 0.3 is 0 Å². The molecule has 100 valence electrons. The first-order chi connectivity index (χ1) is 8.22. The fraction of sp³-hybridized carbons (Fsp3) is 0.462. The van der Waals surface area contributed by atoms with Gasteiger partial charge < -0.3 is 16.2 Å². The number of carbonyl (C=O) groups is 1. The van der Waals surface area contributed by atoms with Crippen molar-refractivity contribution in [3.05, 3.63) is 29.6 Å². The molecule has 1 aromatic rings. The minimum absolute atomic E-state index is 0.262. The van der Waals surface area contributed by atoms with Crippen molar-refractivity contribution in [2.24, 2.45) is 11.5 Å². The molecule has 0 aliphatic carbocycles. The first-order valence-corrected chi connectivity index (χ1v) is 5.74. The van der Waals surface area contributed by atoms with Gasteiger partial charge in [-0.1, -0.05) is 6.07 Å². The maximum absolute atomic E-state index is 13.3. The number of carbonyl (C=O) groups excluding carboxylic acids is 1. The first kappa shape index (κ1) is 14.4. The van der Waals surface area contributed by atoms with Crippen molar-refractivity contribution >= 4 is 5.91 Å². The molecule has 5 heteroatoms. The topological polar surface area (TPSA) is 78.3 Å². The lowest BCUT2D eigenvalue weighted by atomic mass is 9.95. The summed E-state index contributed by atoms with van der Waals surface area (Å²) >= 11 is 0. The molecule has 0 saturated heterocycles. The molecule has 4 N–H and O–H groups in total. The van der Waals surface area contributed by atoms with E-state index in [1.54, 1.807) is 32.9 Å². The first-order valence-electron chi connectivity index (χ1n) is 5.74. The zero-order valence-corrected chi connectivity index (χ0v) is 10.9. The second-order valence-electron chi connectivity index (χ2n) is 4.83. The minimum Gasteiger partial charge on any atom is -0.491 e. The molecule has 18 heavy (non-hydrogen) atoms. The number of nitrogens with two attached hydrogens (primary N) is 2. The monoisotopic (exact) mass is 254 g/mol. The van der Waals surface area contributed by atoms with Crippen LogP contribution >= 0.6 is 0 Å². The summed E-state index contributed by atoms with van der Waals surface area (Å²) in [6.45, 7) is 4.98. The highest BCUT2D eigenvalue weighted by Gasteiger charge is 2.28. The van der Waals surface area contributed by atoms with Crippen molar-refractivity contribution in [2.75, 3.05) is 0 Å². The Morgan fingerprint density at radius 2 is 2.17 bits per heavy atom. The molecule has 2 unspecified atom stereocenters. The van der Waals surface area contributed by atoms with Gasteiger partial charge in [0.25, 0.3) is 0 Å². The second kappa shape index (κ2) is 5.35. The van der Waals surface area contributed by atoms with E-state index in [1.807, 2.05) is 0 Å². The molecule has 0 fully saturated rings. The molecule has 0 radical (unpaired) electrons. The Morgan fingerprint density at radius 1 is 1.56 bits per heavy atom. The average molecular weight is 254 g/mol. The lowest BCUT2D eigenvalue weighted by molar-refractivity contribution is -0.123. The molecule has 0 aliphatic rings. The Hall–Kier alpha value is -1.62. The molecule has 0 heterocycles. The number of aryl methyl sites for hydroxylation is 1. The van der Waals surface area contributed by atoms with Crippen LogP contribution in [-0.2, 0) is 4.79 Å². The summed E-state index contributed by atoms with van der Waals surface area (Å²) in [4.78, 5) is 11.1. The summed E-state index contributed by atoms with van der Waals surface area (Å²) in [5.74, 6) is -0.510. The van der Waals surface area contributed by atoms with Crippen molar-refractivity contribution in [2.45, 2.75) is 38.8 Å². The number of amides is 1. The highest BCUT2D eigenvalue weighted by atomic mass is 19.1. The van der Waals surface area contributed by atoms with Crippen LogP contribution in [-0.4, -0.2) is 17.6 Å². The molecule has 2 atom stereocenters. The molecule has 1 rings (SSSR count). The van der Waals surface area contributed by atoms with Crippen molar-refractivity contribution < 1.29 is 13.9 Å². The Bertz CT molecular complexity index is 447. The summed E-state index contributed by atoms with van der Waals surface area (Å²) in [5.41, 5.74) is 10.3. The Labute approximate surface area is 106 Å². The van der Waals surface area contributed by atoms with Gasteiger partial charge in [-0.2, -0.15) is 0 Å². The molecule has 0 spiro atoms. The highest BCUT2D eigenvalue weighted by molar-refractivity contribution is 5.83. The third-order valence-electron chi connectivity index (χ3n) is 2.75. The van der Waals surface area contributed by atoms with Gasteiger partial charge in [-0.25, -0.2) is 4.39 Å². The number of primary amides is 1. The number of hydrogen-bond donors (Lipinski definition) is 2. The number of rotatable bonds is 5. The molecule has 0 bridgehead atoms. The van der Waals surface area contributed by atoms with Crippen LogP contribution in [0.2, 0.25) is 0 Å². The quantitative estimate of drug-likeness (QED) is 0.835. The smallest absolute Gasteiger partial charge is 0.237 e. The molecular formula is C13H19FN2O2. The normalized spacial score (nSPS) is 15.8. The molecule has 1 aromatic carbocycles. The molecule has 0 aromatic heterocycles. The Kier molecular flexibility index (Phi) is 4.29. The van der Waals surface area contributed by atoms with Crippen LogP contribution < -0.4 is 16.2 Å². The minimum atomic E-state index is -1.14. The van der Waals surface area contributed by atoms with Crippen molar-refractivity contribution in [1.82, 2.24) is 0 Å². The van der Waals surface area contributed by atoms with E-state index >= 15 is 0 Å². The van der Waals surface area contributed by atoms with Gasteiger partial charge in [-0.15, -0.1) is 0 Å². The van der Waals surface area contributed by atoms with Gasteiger partial charge in [0.15, 0.2) is 0 Å². The average Bonchev–Trinajstić information content (AvgIpc) is 2.22. The van der Waals surface area contributed by atoms with E-state index in [0.29, 0.717) is 11.3 Å². The van der Waals surface area contributed by atoms with Gasteiger partial charge in [0.05, 0.1) is 11.6 Å². The zero-order chi connectivity index (χ0) is 13.9.